The van der Waals surface area contributed by atoms with Crippen LogP contribution in [-0.4, -0.2) is 186 Å². The fraction of sp³-hybridized carbons (Fsp3) is 0.400. The van der Waals surface area contributed by atoms with Crippen LogP contribution in [0, 0.1) is 0 Å². The molecular formula is C100H122N10O16S2. The third-order valence-corrected chi connectivity index (χ3v) is 28.1. The van der Waals surface area contributed by atoms with Gasteiger partial charge in [-0.3, -0.25) is 19.6 Å². The summed E-state index contributed by atoms with van der Waals surface area (Å²) in [6.07, 6.45) is 7.14. The van der Waals surface area contributed by atoms with Crippen molar-refractivity contribution in [2.24, 2.45) is 0 Å². The van der Waals surface area contributed by atoms with Crippen LogP contribution in [0.4, 0.5) is 22.7 Å². The van der Waals surface area contributed by atoms with Gasteiger partial charge in [0.05, 0.1) is 78.6 Å². The Morgan fingerprint density at radius 3 is 1.09 bits per heavy atom. The van der Waals surface area contributed by atoms with E-state index in [4.69, 9.17) is 56.8 Å². The quantitative estimate of drug-likeness (QED) is 0.0387. The first kappa shape index (κ1) is 91.4. The van der Waals surface area contributed by atoms with Gasteiger partial charge in [-0.25, -0.2) is 26.3 Å². The Labute approximate surface area is 754 Å². The summed E-state index contributed by atoms with van der Waals surface area (Å²) in [6.45, 7) is 15.2. The van der Waals surface area contributed by atoms with Crippen LogP contribution in [-0.2, 0) is 71.4 Å². The van der Waals surface area contributed by atoms with Gasteiger partial charge in [0.1, 0.15) is 21.3 Å². The fourth-order valence-corrected chi connectivity index (χ4v) is 21.0. The number of benzene rings is 10. The number of hydrogen-bond donors (Lipinski definition) is 6. The first-order valence-electron chi connectivity index (χ1n) is 44.7. The molecule has 12 bridgehead atoms. The van der Waals surface area contributed by atoms with Crippen LogP contribution >= 0.6 is 0 Å². The van der Waals surface area contributed by atoms with Crippen molar-refractivity contribution in [1.29, 1.82) is 0 Å². The average Bonchev–Trinajstić information content (AvgIpc) is 0.735. The number of methoxy groups -OCH3 is 6. The van der Waals surface area contributed by atoms with E-state index in [0.717, 1.165) is 123 Å². The molecule has 4 atom stereocenters. The molecule has 10 aliphatic heterocycles. The Morgan fingerprint density at radius 2 is 0.711 bits per heavy atom. The van der Waals surface area contributed by atoms with Crippen LogP contribution in [0.25, 0.3) is 0 Å². The fourth-order valence-electron chi connectivity index (χ4n) is 18.5. The SMILES string of the molecule is CC.CC.COc1cc2c3cc1Oc1c(OC)c(OC)cc4c1[C@@H](Cc1ccc(OCCCNS(=O)(=O)c5cccc6c5NCCN6)c(c1)Oc1ccc(cc1)C[C@@H]3N(C)CC2)N(C)CC4.COc1cc2c3cc1Oc1c(OC)c(OC)cc4c1[C@H](Cc1ccc(OCCCNS(=O)(=O)c5cccc6c5NCCN6)c(c1)Oc1ccc(cc1)C[C@H]3N(C)CC2)N(C)CC4. The Balaban J connectivity index is 0.000000190. The molecule has 0 amide bonds. The molecule has 0 radical (unpaired) electrons. The summed E-state index contributed by atoms with van der Waals surface area (Å²) in [5.41, 5.74) is 16.4. The molecule has 680 valence electrons. The molecule has 0 fully saturated rings. The van der Waals surface area contributed by atoms with Gasteiger partial charge in [-0.15, -0.1) is 0 Å². The summed E-state index contributed by atoms with van der Waals surface area (Å²) < 4.78 is 135. The number of nitrogens with zero attached hydrogens (tertiary/aromatic N) is 4. The Kier molecular flexibility index (Phi) is 29.3. The minimum Gasteiger partial charge on any atom is -0.493 e. The normalized spacial score (nSPS) is 17.9. The highest BCUT2D eigenvalue weighted by Crippen LogP contribution is 2.55. The Morgan fingerprint density at radius 1 is 0.367 bits per heavy atom. The van der Waals surface area contributed by atoms with Gasteiger partial charge in [0.25, 0.3) is 0 Å². The lowest BCUT2D eigenvalue weighted by Crippen LogP contribution is -2.34. The topological polar surface area (TPSA) is 264 Å². The number of nitrogens with one attached hydrogen (secondary N) is 6. The summed E-state index contributed by atoms with van der Waals surface area (Å²) in [5, 5.41) is 13.0. The number of fused-ring (bicyclic) bond motifs is 6. The standard InChI is InChI=1S/2C48H55N5O8S.2C2H6/c2*1-52-21-16-32-27-40(56-3)42-29-35(32)37(52)24-30-10-13-34(14-11-30)60-41-26-31(25-38-45-33(17-22-53(38)2)28-43(57-4)47(58-5)48(45)61-42)12-15-39(41)59-23-7-18-51-62(54,55)44-9-6-8-36-46(44)50-20-19-49-36;2*1-2/h2*6,8-15,26-29,37-38,49-51H,7,16-25H2,1-5H3;2*1-2H3/t2*37-,38+;;/m10../s1. The van der Waals surface area contributed by atoms with E-state index in [9.17, 15) is 16.8 Å². The van der Waals surface area contributed by atoms with Gasteiger partial charge < -0.3 is 78.1 Å². The van der Waals surface area contributed by atoms with Crippen LogP contribution in [0.15, 0.2) is 168 Å². The van der Waals surface area contributed by atoms with Crippen LogP contribution in [0.3, 0.4) is 0 Å². The van der Waals surface area contributed by atoms with E-state index in [-0.39, 0.29) is 60.3 Å². The minimum absolute atomic E-state index is 0.0944. The Bertz CT molecular complexity index is 5490. The molecule has 10 aromatic rings. The summed E-state index contributed by atoms with van der Waals surface area (Å²) in [6, 6.07) is 51.9. The van der Waals surface area contributed by atoms with E-state index >= 15 is 0 Å². The highest BCUT2D eigenvalue weighted by molar-refractivity contribution is 7.90. The van der Waals surface area contributed by atoms with E-state index in [0.29, 0.717) is 142 Å². The minimum atomic E-state index is -3.75. The molecule has 0 unspecified atom stereocenters. The number of para-hydroxylation sites is 2. The molecular weight excluding hydrogens is 1660 g/mol. The molecule has 128 heavy (non-hydrogen) atoms. The molecule has 0 aliphatic carbocycles. The average molecular weight is 1780 g/mol. The van der Waals surface area contributed by atoms with Gasteiger partial charge in [0.15, 0.2) is 69.0 Å². The highest BCUT2D eigenvalue weighted by atomic mass is 32.2. The van der Waals surface area contributed by atoms with Crippen molar-refractivity contribution >= 4 is 42.8 Å². The molecule has 10 heterocycles. The number of anilines is 4. The second kappa shape index (κ2) is 41.0. The van der Waals surface area contributed by atoms with Gasteiger partial charge in [0, 0.05) is 101 Å². The number of sulfonamides is 2. The molecule has 0 saturated carbocycles. The molecule has 0 aromatic heterocycles. The largest absolute Gasteiger partial charge is 0.493 e. The van der Waals surface area contributed by atoms with E-state index in [2.05, 4.69) is 151 Å². The molecule has 28 heteroatoms. The van der Waals surface area contributed by atoms with Crippen molar-refractivity contribution in [2.75, 3.05) is 171 Å². The third kappa shape index (κ3) is 19.6. The first-order chi connectivity index (χ1) is 62.3. The summed E-state index contributed by atoms with van der Waals surface area (Å²) in [4.78, 5) is 9.98. The molecule has 20 rings (SSSR count). The van der Waals surface area contributed by atoms with Crippen LogP contribution < -0.4 is 87.6 Å². The third-order valence-electron chi connectivity index (χ3n) is 25.1. The molecule has 0 saturated heterocycles. The predicted octanol–water partition coefficient (Wildman–Crippen LogP) is 17.5. The highest BCUT2D eigenvalue weighted by Gasteiger charge is 2.39. The van der Waals surface area contributed by atoms with Crippen molar-refractivity contribution in [3.63, 3.8) is 0 Å². The van der Waals surface area contributed by atoms with Gasteiger partial charge in [-0.05, 0) is 257 Å². The van der Waals surface area contributed by atoms with E-state index in [1.54, 1.807) is 66.9 Å². The monoisotopic (exact) mass is 1780 g/mol. The van der Waals surface area contributed by atoms with E-state index in [1.165, 1.54) is 33.4 Å². The van der Waals surface area contributed by atoms with Crippen LogP contribution in [0.5, 0.6) is 92.0 Å². The zero-order valence-electron chi connectivity index (χ0n) is 76.0. The smallest absolute Gasteiger partial charge is 0.242 e. The number of hydrogen-bond acceptors (Lipinski definition) is 24. The lowest BCUT2D eigenvalue weighted by Gasteiger charge is -2.37. The maximum Gasteiger partial charge on any atom is 0.242 e. The molecule has 10 aliphatic rings. The number of likely N-dealkylation sites (N-methyl/N-ethyl adjacent to an activating group) is 4. The lowest BCUT2D eigenvalue weighted by atomic mass is 9.87. The van der Waals surface area contributed by atoms with Crippen molar-refractivity contribution in [1.82, 2.24) is 29.0 Å². The number of ether oxygens (including phenoxy) is 12. The van der Waals surface area contributed by atoms with Crippen molar-refractivity contribution in [2.45, 2.75) is 126 Å². The zero-order chi connectivity index (χ0) is 89.9. The second-order valence-electron chi connectivity index (χ2n) is 32.8. The maximum absolute atomic E-state index is 13.4. The molecule has 0 spiro atoms. The van der Waals surface area contributed by atoms with Crippen LogP contribution in [0.2, 0.25) is 0 Å². The van der Waals surface area contributed by atoms with Crippen molar-refractivity contribution < 1.29 is 73.7 Å². The Hall–Kier alpha value is -11.3. The summed E-state index contributed by atoms with van der Waals surface area (Å²) >= 11 is 0. The van der Waals surface area contributed by atoms with Crippen LogP contribution in [0.1, 0.15) is 131 Å². The zero-order valence-corrected chi connectivity index (χ0v) is 77.6. The van der Waals surface area contributed by atoms with Gasteiger partial charge in [0.2, 0.25) is 31.5 Å². The second-order valence-corrected chi connectivity index (χ2v) is 36.2. The molecule has 26 nitrogen and oxygen atoms in total. The predicted molar refractivity (Wildman–Crippen MR) is 502 cm³/mol. The van der Waals surface area contributed by atoms with Crippen molar-refractivity contribution in [3.8, 4) is 92.0 Å². The first-order valence-corrected chi connectivity index (χ1v) is 47.6. The summed E-state index contributed by atoms with van der Waals surface area (Å²) in [7, 11) is 11.1. The summed E-state index contributed by atoms with van der Waals surface area (Å²) in [5.74, 6) is 9.77. The van der Waals surface area contributed by atoms with Gasteiger partial charge in [-0.1, -0.05) is 76.2 Å². The van der Waals surface area contributed by atoms with Gasteiger partial charge in [-0.2, -0.15) is 0 Å². The molecule has 6 N–H and O–H groups in total. The van der Waals surface area contributed by atoms with Crippen molar-refractivity contribution in [3.05, 3.63) is 224 Å². The molecule has 10 aromatic carbocycles. The number of rotatable bonds is 20. The lowest BCUT2D eigenvalue weighted by molar-refractivity contribution is 0.220. The maximum atomic E-state index is 13.4. The van der Waals surface area contributed by atoms with Gasteiger partial charge >= 0.3 is 0 Å². The van der Waals surface area contributed by atoms with E-state index < -0.39 is 20.0 Å². The van der Waals surface area contributed by atoms with E-state index in [1.807, 2.05) is 88.4 Å².